The summed E-state index contributed by atoms with van der Waals surface area (Å²) in [6.45, 7) is 0.494. The first-order valence-corrected chi connectivity index (χ1v) is 11.4. The van der Waals surface area contributed by atoms with Crippen molar-refractivity contribution < 1.29 is 9.59 Å². The van der Waals surface area contributed by atoms with E-state index in [4.69, 9.17) is 0 Å². The topological polar surface area (TPSA) is 49.4 Å². The van der Waals surface area contributed by atoms with Crippen LogP contribution < -0.4 is 5.32 Å². The van der Waals surface area contributed by atoms with Crippen LogP contribution in [0.25, 0.3) is 0 Å². The van der Waals surface area contributed by atoms with Gasteiger partial charge in [-0.25, -0.2) is 0 Å². The lowest BCUT2D eigenvalue weighted by atomic mass is 10.0. The van der Waals surface area contributed by atoms with Crippen molar-refractivity contribution in [2.75, 3.05) is 13.3 Å². The summed E-state index contributed by atoms with van der Waals surface area (Å²) in [7, 11) is 1.78. The number of benzene rings is 2. The van der Waals surface area contributed by atoms with Crippen molar-refractivity contribution >= 4 is 34.9 Å². The van der Waals surface area contributed by atoms with Crippen LogP contribution in [0, 0.1) is 0 Å². The van der Waals surface area contributed by atoms with Crippen molar-refractivity contribution in [1.29, 1.82) is 0 Å². The maximum Gasteiger partial charge on any atom is 0.262 e. The summed E-state index contributed by atoms with van der Waals surface area (Å²) in [5.74, 6) is -0.320. The first-order valence-electron chi connectivity index (χ1n) is 9.33. The summed E-state index contributed by atoms with van der Waals surface area (Å²) < 4.78 is 0. The molecule has 1 aromatic heterocycles. The zero-order valence-corrected chi connectivity index (χ0v) is 18.1. The summed E-state index contributed by atoms with van der Waals surface area (Å²) in [5, 5.41) is 4.78. The number of hydrogen-bond acceptors (Lipinski definition) is 4. The van der Waals surface area contributed by atoms with E-state index in [1.165, 1.54) is 16.2 Å². The van der Waals surface area contributed by atoms with Gasteiger partial charge in [-0.3, -0.25) is 9.59 Å². The Labute approximate surface area is 179 Å². The molecule has 2 aromatic carbocycles. The number of thiophene rings is 1. The molecule has 0 fully saturated rings. The summed E-state index contributed by atoms with van der Waals surface area (Å²) in [4.78, 5) is 29.2. The lowest BCUT2D eigenvalue weighted by Crippen LogP contribution is -2.48. The van der Waals surface area contributed by atoms with Gasteiger partial charge in [0, 0.05) is 24.9 Å². The summed E-state index contributed by atoms with van der Waals surface area (Å²) >= 11 is 3.05. The number of carbonyl (C=O) groups is 2. The molecule has 6 heteroatoms. The number of thioether (sulfide) groups is 1. The average Bonchev–Trinajstić information content (AvgIpc) is 3.29. The molecule has 1 heterocycles. The van der Waals surface area contributed by atoms with Gasteiger partial charge in [0.2, 0.25) is 5.91 Å². The van der Waals surface area contributed by atoms with Crippen molar-refractivity contribution in [3.05, 3.63) is 88.1 Å². The van der Waals surface area contributed by atoms with Crippen LogP contribution in [0.3, 0.4) is 0 Å². The molecule has 0 aliphatic carbocycles. The molecule has 0 saturated carbocycles. The Balaban J connectivity index is 1.73. The van der Waals surface area contributed by atoms with Gasteiger partial charge in [0.15, 0.2) is 0 Å². The molecule has 2 amide bonds. The summed E-state index contributed by atoms with van der Waals surface area (Å²) in [5.41, 5.74) is 2.07. The molecular formula is C23H24N2O2S2. The first-order chi connectivity index (χ1) is 14.1. The Hall–Kier alpha value is -2.57. The molecule has 0 saturated heterocycles. The smallest absolute Gasteiger partial charge is 0.262 e. The highest BCUT2D eigenvalue weighted by Gasteiger charge is 2.25. The van der Waals surface area contributed by atoms with Crippen LogP contribution >= 0.6 is 23.1 Å². The van der Waals surface area contributed by atoms with E-state index in [0.29, 0.717) is 17.8 Å². The molecule has 0 spiro atoms. The highest BCUT2D eigenvalue weighted by molar-refractivity contribution is 7.98. The SMILES string of the molecule is CSc1ccc(CN(C)C(=O)C(Cc2ccccc2)NC(=O)c2cccs2)cc1. The van der Waals surface area contributed by atoms with Gasteiger partial charge < -0.3 is 10.2 Å². The molecule has 29 heavy (non-hydrogen) atoms. The second-order valence-corrected chi connectivity index (χ2v) is 8.56. The van der Waals surface area contributed by atoms with E-state index in [1.54, 1.807) is 29.8 Å². The largest absolute Gasteiger partial charge is 0.340 e. The van der Waals surface area contributed by atoms with Crippen LogP contribution in [0.4, 0.5) is 0 Å². The number of rotatable bonds is 8. The van der Waals surface area contributed by atoms with Gasteiger partial charge in [-0.2, -0.15) is 0 Å². The van der Waals surface area contributed by atoms with E-state index in [1.807, 2.05) is 60.2 Å². The van der Waals surface area contributed by atoms with E-state index in [2.05, 4.69) is 17.4 Å². The number of amides is 2. The highest BCUT2D eigenvalue weighted by atomic mass is 32.2. The molecule has 3 aromatic rings. The summed E-state index contributed by atoms with van der Waals surface area (Å²) in [6, 6.07) is 20.9. The maximum absolute atomic E-state index is 13.2. The predicted molar refractivity (Wildman–Crippen MR) is 120 cm³/mol. The number of carbonyl (C=O) groups excluding carboxylic acids is 2. The van der Waals surface area contributed by atoms with E-state index in [9.17, 15) is 9.59 Å². The van der Waals surface area contributed by atoms with E-state index in [0.717, 1.165) is 11.1 Å². The van der Waals surface area contributed by atoms with E-state index in [-0.39, 0.29) is 11.8 Å². The molecule has 1 N–H and O–H groups in total. The van der Waals surface area contributed by atoms with Gasteiger partial charge in [0.25, 0.3) is 5.91 Å². The van der Waals surface area contributed by atoms with Crippen LogP contribution in [-0.2, 0) is 17.8 Å². The quantitative estimate of drug-likeness (QED) is 0.543. The summed E-state index contributed by atoms with van der Waals surface area (Å²) in [6.07, 6.45) is 2.49. The van der Waals surface area contributed by atoms with Crippen LogP contribution in [0.2, 0.25) is 0 Å². The lowest BCUT2D eigenvalue weighted by molar-refractivity contribution is -0.132. The van der Waals surface area contributed by atoms with Gasteiger partial charge in [0.05, 0.1) is 4.88 Å². The Morgan fingerprint density at radius 1 is 1.00 bits per heavy atom. The highest BCUT2D eigenvalue weighted by Crippen LogP contribution is 2.16. The van der Waals surface area contributed by atoms with Crippen LogP contribution in [0.5, 0.6) is 0 Å². The van der Waals surface area contributed by atoms with Gasteiger partial charge in [0.1, 0.15) is 6.04 Å². The number of nitrogens with one attached hydrogen (secondary N) is 1. The zero-order chi connectivity index (χ0) is 20.6. The number of likely N-dealkylation sites (N-methyl/N-ethyl adjacent to an activating group) is 1. The normalized spacial score (nSPS) is 11.7. The van der Waals surface area contributed by atoms with Crippen molar-refractivity contribution in [1.82, 2.24) is 10.2 Å². The lowest BCUT2D eigenvalue weighted by Gasteiger charge is -2.25. The predicted octanol–water partition coefficient (Wildman–Crippen LogP) is 4.47. The van der Waals surface area contributed by atoms with E-state index < -0.39 is 6.04 Å². The third-order valence-corrected chi connectivity index (χ3v) is 6.20. The fourth-order valence-corrected chi connectivity index (χ4v) is 4.07. The maximum atomic E-state index is 13.2. The molecule has 3 rings (SSSR count). The van der Waals surface area contributed by atoms with Crippen molar-refractivity contribution in [3.63, 3.8) is 0 Å². The standard InChI is InChI=1S/C23H24N2O2S2/c1-25(16-18-10-12-19(28-2)13-11-18)23(27)20(15-17-7-4-3-5-8-17)24-22(26)21-9-6-14-29-21/h3-14,20H,15-16H2,1-2H3,(H,24,26). The van der Waals surface area contributed by atoms with Gasteiger partial charge in [-0.05, 0) is 41.0 Å². The van der Waals surface area contributed by atoms with Gasteiger partial charge in [-0.1, -0.05) is 48.5 Å². The minimum Gasteiger partial charge on any atom is -0.340 e. The van der Waals surface area contributed by atoms with Gasteiger partial charge >= 0.3 is 0 Å². The average molecular weight is 425 g/mol. The monoisotopic (exact) mass is 424 g/mol. The van der Waals surface area contributed by atoms with Crippen LogP contribution in [0.1, 0.15) is 20.8 Å². The third-order valence-electron chi connectivity index (χ3n) is 4.59. The Bertz CT molecular complexity index is 925. The second-order valence-electron chi connectivity index (χ2n) is 6.74. The molecule has 0 radical (unpaired) electrons. The van der Waals surface area contributed by atoms with Crippen LogP contribution in [-0.4, -0.2) is 36.1 Å². The fourth-order valence-electron chi connectivity index (χ4n) is 3.04. The Kier molecular flexibility index (Phi) is 7.49. The number of nitrogens with zero attached hydrogens (tertiary/aromatic N) is 1. The molecular weight excluding hydrogens is 400 g/mol. The van der Waals surface area contributed by atoms with Gasteiger partial charge in [-0.15, -0.1) is 23.1 Å². The Morgan fingerprint density at radius 2 is 1.72 bits per heavy atom. The van der Waals surface area contributed by atoms with Crippen molar-refractivity contribution in [3.8, 4) is 0 Å². The molecule has 1 unspecified atom stereocenters. The molecule has 0 aliphatic rings. The molecule has 1 atom stereocenters. The molecule has 0 bridgehead atoms. The first kappa shape index (κ1) is 21.1. The third kappa shape index (κ3) is 5.95. The second kappa shape index (κ2) is 10.3. The zero-order valence-electron chi connectivity index (χ0n) is 16.5. The molecule has 150 valence electrons. The minimum absolute atomic E-state index is 0.104. The minimum atomic E-state index is -0.623. The van der Waals surface area contributed by atoms with Crippen molar-refractivity contribution in [2.24, 2.45) is 0 Å². The Morgan fingerprint density at radius 3 is 2.34 bits per heavy atom. The van der Waals surface area contributed by atoms with Crippen LogP contribution in [0.15, 0.2) is 77.0 Å². The molecule has 0 aliphatic heterocycles. The van der Waals surface area contributed by atoms with E-state index >= 15 is 0 Å². The molecule has 4 nitrogen and oxygen atoms in total. The number of hydrogen-bond donors (Lipinski definition) is 1. The fraction of sp³-hybridized carbons (Fsp3) is 0.217. The van der Waals surface area contributed by atoms with Crippen molar-refractivity contribution in [2.45, 2.75) is 23.9 Å².